The van der Waals surface area contributed by atoms with Gasteiger partial charge in [0.2, 0.25) is 0 Å². The zero-order valence-electron chi connectivity index (χ0n) is 12.1. The second-order valence-electron chi connectivity index (χ2n) is 5.40. The van der Waals surface area contributed by atoms with Crippen molar-refractivity contribution in [3.05, 3.63) is 35.9 Å². The summed E-state index contributed by atoms with van der Waals surface area (Å²) < 4.78 is 5.20. The Morgan fingerprint density at radius 2 is 2.16 bits per heavy atom. The van der Waals surface area contributed by atoms with E-state index in [-0.39, 0.29) is 0 Å². The first-order valence-corrected chi connectivity index (χ1v) is 7.32. The van der Waals surface area contributed by atoms with E-state index in [1.54, 1.807) is 7.11 Å². The van der Waals surface area contributed by atoms with Crippen LogP contribution in [0.25, 0.3) is 0 Å². The van der Waals surface area contributed by atoms with Crippen molar-refractivity contribution in [2.45, 2.75) is 31.8 Å². The van der Waals surface area contributed by atoms with Crippen LogP contribution in [0.15, 0.2) is 30.3 Å². The number of hydrogen-bond acceptors (Lipinski definition) is 3. The Hall–Kier alpha value is -0.900. The molecule has 106 valence electrons. The minimum Gasteiger partial charge on any atom is -0.385 e. The van der Waals surface area contributed by atoms with Crippen molar-refractivity contribution in [2.24, 2.45) is 0 Å². The topological polar surface area (TPSA) is 24.5 Å². The van der Waals surface area contributed by atoms with E-state index in [0.717, 1.165) is 26.1 Å². The van der Waals surface area contributed by atoms with Gasteiger partial charge < -0.3 is 10.1 Å². The molecule has 1 aliphatic rings. The number of nitrogens with zero attached hydrogens (tertiary/aromatic N) is 1. The van der Waals surface area contributed by atoms with Crippen LogP contribution in [0.3, 0.4) is 0 Å². The minimum absolute atomic E-state index is 0.452. The Kier molecular flexibility index (Phi) is 5.83. The summed E-state index contributed by atoms with van der Waals surface area (Å²) in [5, 5.41) is 3.67. The average Bonchev–Trinajstić information content (AvgIpc) is 2.71. The lowest BCUT2D eigenvalue weighted by Gasteiger charge is -2.30. The van der Waals surface area contributed by atoms with E-state index in [0.29, 0.717) is 12.1 Å². The van der Waals surface area contributed by atoms with Gasteiger partial charge in [0.15, 0.2) is 0 Å². The van der Waals surface area contributed by atoms with E-state index < -0.39 is 0 Å². The lowest BCUT2D eigenvalue weighted by molar-refractivity contribution is 0.136. The highest BCUT2D eigenvalue weighted by atomic mass is 16.5. The molecule has 0 spiro atoms. The summed E-state index contributed by atoms with van der Waals surface area (Å²) in [4.78, 5) is 2.59. The smallest absolute Gasteiger partial charge is 0.0477 e. The standard InChI is InChI=1S/C16H26N2O/c1-14(9-12-19-2)18-11-6-10-17-16(13-18)15-7-4-3-5-8-15/h3-5,7-8,14,16-17H,6,9-13H2,1-2H3. The van der Waals surface area contributed by atoms with Crippen molar-refractivity contribution in [1.82, 2.24) is 10.2 Å². The van der Waals surface area contributed by atoms with Gasteiger partial charge >= 0.3 is 0 Å². The van der Waals surface area contributed by atoms with Crippen molar-refractivity contribution in [3.63, 3.8) is 0 Å². The Morgan fingerprint density at radius 3 is 2.89 bits per heavy atom. The summed E-state index contributed by atoms with van der Waals surface area (Å²) in [5.74, 6) is 0. The summed E-state index contributed by atoms with van der Waals surface area (Å²) in [6, 6.07) is 11.8. The zero-order chi connectivity index (χ0) is 13.5. The highest BCUT2D eigenvalue weighted by Gasteiger charge is 2.22. The molecule has 1 N–H and O–H groups in total. The van der Waals surface area contributed by atoms with Gasteiger partial charge in [0.05, 0.1) is 0 Å². The highest BCUT2D eigenvalue weighted by Crippen LogP contribution is 2.19. The third-order valence-electron chi connectivity index (χ3n) is 3.99. The Balaban J connectivity index is 1.98. The van der Waals surface area contributed by atoms with Crippen LogP contribution in [-0.4, -0.2) is 44.3 Å². The molecule has 0 radical (unpaired) electrons. The third-order valence-corrected chi connectivity index (χ3v) is 3.99. The van der Waals surface area contributed by atoms with E-state index >= 15 is 0 Å². The van der Waals surface area contributed by atoms with Crippen LogP contribution in [-0.2, 0) is 4.74 Å². The Labute approximate surface area is 116 Å². The van der Waals surface area contributed by atoms with Crippen LogP contribution in [0, 0.1) is 0 Å². The molecule has 0 amide bonds. The van der Waals surface area contributed by atoms with Crippen molar-refractivity contribution < 1.29 is 4.74 Å². The molecule has 1 aromatic rings. The summed E-state index contributed by atoms with van der Waals surface area (Å²) in [5.41, 5.74) is 1.40. The van der Waals surface area contributed by atoms with Gasteiger partial charge in [0, 0.05) is 32.3 Å². The second-order valence-corrected chi connectivity index (χ2v) is 5.40. The molecule has 2 rings (SSSR count). The maximum absolute atomic E-state index is 5.20. The quantitative estimate of drug-likeness (QED) is 0.882. The maximum atomic E-state index is 5.20. The number of rotatable bonds is 5. The predicted molar refractivity (Wildman–Crippen MR) is 79.3 cm³/mol. The molecule has 19 heavy (non-hydrogen) atoms. The van der Waals surface area contributed by atoms with E-state index in [4.69, 9.17) is 4.74 Å². The van der Waals surface area contributed by atoms with Crippen LogP contribution < -0.4 is 5.32 Å². The molecule has 0 aromatic heterocycles. The molecule has 1 saturated heterocycles. The van der Waals surface area contributed by atoms with E-state index in [1.807, 2.05) is 0 Å². The SMILES string of the molecule is COCCC(C)N1CCCNC(c2ccccc2)C1. The van der Waals surface area contributed by atoms with Crippen molar-refractivity contribution in [1.29, 1.82) is 0 Å². The lowest BCUT2D eigenvalue weighted by atomic mass is 10.1. The number of hydrogen-bond donors (Lipinski definition) is 1. The average molecular weight is 262 g/mol. The fourth-order valence-corrected chi connectivity index (χ4v) is 2.73. The van der Waals surface area contributed by atoms with Gasteiger partial charge in [-0.25, -0.2) is 0 Å². The molecule has 1 aliphatic heterocycles. The first-order valence-electron chi connectivity index (χ1n) is 7.32. The zero-order valence-corrected chi connectivity index (χ0v) is 12.1. The monoisotopic (exact) mass is 262 g/mol. The third kappa shape index (κ3) is 4.30. The van der Waals surface area contributed by atoms with Crippen LogP contribution >= 0.6 is 0 Å². The number of nitrogens with one attached hydrogen (secondary N) is 1. The normalized spacial score (nSPS) is 22.9. The van der Waals surface area contributed by atoms with Crippen molar-refractivity contribution in [2.75, 3.05) is 33.4 Å². The van der Waals surface area contributed by atoms with Gasteiger partial charge in [-0.15, -0.1) is 0 Å². The molecule has 1 heterocycles. The van der Waals surface area contributed by atoms with Gasteiger partial charge in [-0.2, -0.15) is 0 Å². The van der Waals surface area contributed by atoms with E-state index in [2.05, 4.69) is 47.5 Å². The summed E-state index contributed by atoms with van der Waals surface area (Å²) in [6.07, 6.45) is 2.33. The van der Waals surface area contributed by atoms with Crippen LogP contribution in [0.2, 0.25) is 0 Å². The van der Waals surface area contributed by atoms with Crippen LogP contribution in [0.1, 0.15) is 31.4 Å². The highest BCUT2D eigenvalue weighted by molar-refractivity contribution is 5.19. The summed E-state index contributed by atoms with van der Waals surface area (Å²) in [6.45, 7) is 6.54. The van der Waals surface area contributed by atoms with E-state index in [9.17, 15) is 0 Å². The van der Waals surface area contributed by atoms with Gasteiger partial charge in [0.1, 0.15) is 0 Å². The van der Waals surface area contributed by atoms with Gasteiger partial charge in [0.25, 0.3) is 0 Å². The fourth-order valence-electron chi connectivity index (χ4n) is 2.73. The number of ether oxygens (including phenoxy) is 1. The lowest BCUT2D eigenvalue weighted by Crippen LogP contribution is -2.38. The molecule has 0 bridgehead atoms. The first-order chi connectivity index (χ1) is 9.31. The van der Waals surface area contributed by atoms with Gasteiger partial charge in [-0.1, -0.05) is 30.3 Å². The molecular formula is C16H26N2O. The number of methoxy groups -OCH3 is 1. The molecule has 2 atom stereocenters. The molecule has 1 aromatic carbocycles. The molecule has 3 nitrogen and oxygen atoms in total. The van der Waals surface area contributed by atoms with Crippen molar-refractivity contribution in [3.8, 4) is 0 Å². The van der Waals surface area contributed by atoms with E-state index in [1.165, 1.54) is 18.5 Å². The van der Waals surface area contributed by atoms with Gasteiger partial charge in [-0.05, 0) is 38.4 Å². The maximum Gasteiger partial charge on any atom is 0.0477 e. The molecule has 1 fully saturated rings. The molecule has 0 saturated carbocycles. The molecule has 3 heteroatoms. The molecular weight excluding hydrogens is 236 g/mol. The minimum atomic E-state index is 0.452. The summed E-state index contributed by atoms with van der Waals surface area (Å²) >= 11 is 0. The van der Waals surface area contributed by atoms with Crippen molar-refractivity contribution >= 4 is 0 Å². The largest absolute Gasteiger partial charge is 0.385 e. The predicted octanol–water partition coefficient (Wildman–Crippen LogP) is 2.45. The second kappa shape index (κ2) is 7.63. The number of benzene rings is 1. The summed E-state index contributed by atoms with van der Waals surface area (Å²) in [7, 11) is 1.78. The van der Waals surface area contributed by atoms with Crippen LogP contribution in [0.4, 0.5) is 0 Å². The first kappa shape index (κ1) is 14.5. The molecule has 0 aliphatic carbocycles. The fraction of sp³-hybridized carbons (Fsp3) is 0.625. The Bertz CT molecular complexity index is 355. The van der Waals surface area contributed by atoms with Crippen LogP contribution in [0.5, 0.6) is 0 Å². The Morgan fingerprint density at radius 1 is 1.37 bits per heavy atom. The van der Waals surface area contributed by atoms with Gasteiger partial charge in [-0.3, -0.25) is 4.90 Å². The molecule has 2 unspecified atom stereocenters.